The fourth-order valence-electron chi connectivity index (χ4n) is 6.69. The summed E-state index contributed by atoms with van der Waals surface area (Å²) in [6.45, 7) is -4.89. The summed E-state index contributed by atoms with van der Waals surface area (Å²) in [5.74, 6) is -0.178. The summed E-state index contributed by atoms with van der Waals surface area (Å²) in [5.41, 5.74) is 9.38. The number of aliphatic hydroxyl groups is 4. The highest BCUT2D eigenvalue weighted by atomic mass is 35.5. The zero-order valence-corrected chi connectivity index (χ0v) is 36.6. The van der Waals surface area contributed by atoms with Crippen molar-refractivity contribution < 1.29 is 95.1 Å². The van der Waals surface area contributed by atoms with Crippen LogP contribution in [0.2, 0.25) is 5.02 Å². The molecule has 2 aliphatic rings. The number of halogens is 1. The fourth-order valence-corrected chi connectivity index (χ4v) is 8.81. The van der Waals surface area contributed by atoms with Gasteiger partial charge in [0.15, 0.2) is 23.7 Å². The standard InChI is InChI=1S/C31H40ClN10O21P3/c32-13-1-3-14(4-2-13)56-6-5-40-12-42(25-19(40)27(48)39-31(34)37-25)29-23(46)21(44)17(62-29)10-60-66(54,55)58-8-15(63-64(49,50)51)7-57-65(52,53)59-9-16-20(43)22(45)28(61-16)41-11-35-18-24(41)36-30(33)38-26(18)47/h1-4,11-12,15-17,20-23,28-29,43-46H,5-10H2,(H9-,33,34,36,37,38,39,47,48,49,50,51,52,53,54,55)/p-3/t15?,16?,17?,20-,21-,22-,23-,28-,29-/m1/s1. The van der Waals surface area contributed by atoms with Gasteiger partial charge in [0.2, 0.25) is 17.7 Å². The number of fused-ring (bicyclic) bond motifs is 2. The maximum atomic E-state index is 13.0. The highest BCUT2D eigenvalue weighted by Crippen LogP contribution is 2.44. The smallest absolute Gasteiger partial charge is 0.313 e. The first-order chi connectivity index (χ1) is 31.0. The van der Waals surface area contributed by atoms with E-state index in [1.165, 1.54) is 10.9 Å². The number of rotatable bonds is 20. The number of phosphoric ester groups is 3. The number of imidazole rings is 2. The van der Waals surface area contributed by atoms with Crippen LogP contribution in [0.4, 0.5) is 11.9 Å². The van der Waals surface area contributed by atoms with Gasteiger partial charge in [0, 0.05) is 5.02 Å². The van der Waals surface area contributed by atoms with E-state index in [1.807, 2.05) is 0 Å². The average Bonchev–Trinajstić information content (AvgIpc) is 3.97. The Morgan fingerprint density at radius 1 is 0.833 bits per heavy atom. The third-order valence-electron chi connectivity index (χ3n) is 9.69. The van der Waals surface area contributed by atoms with E-state index in [9.17, 15) is 63.3 Å². The molecule has 10 N–H and O–H groups in total. The van der Waals surface area contributed by atoms with Crippen LogP contribution in [-0.2, 0) is 52.3 Å². The summed E-state index contributed by atoms with van der Waals surface area (Å²) in [5, 5.41) is 43.3. The van der Waals surface area contributed by atoms with E-state index in [0.29, 0.717) is 10.8 Å². The molecule has 0 spiro atoms. The molecule has 66 heavy (non-hydrogen) atoms. The summed E-state index contributed by atoms with van der Waals surface area (Å²) < 4.78 is 80.1. The van der Waals surface area contributed by atoms with Crippen molar-refractivity contribution in [2.75, 3.05) is 44.5 Å². The molecule has 0 amide bonds. The van der Waals surface area contributed by atoms with Crippen molar-refractivity contribution in [1.82, 2.24) is 34.1 Å². The Morgan fingerprint density at radius 3 is 2.06 bits per heavy atom. The van der Waals surface area contributed by atoms with E-state index in [2.05, 4.69) is 43.0 Å². The molecule has 4 aromatic heterocycles. The molecular weight excluding hydrogens is 977 g/mol. The summed E-state index contributed by atoms with van der Waals surface area (Å²) >= 11 is 5.91. The monoisotopic (exact) mass is 1010 g/mol. The number of phosphoric acid groups is 3. The number of aromatic amines is 2. The van der Waals surface area contributed by atoms with E-state index < -0.39 is 116 Å². The molecule has 0 aliphatic carbocycles. The molecule has 1 aromatic carbocycles. The average molecular weight is 1010 g/mol. The number of nitrogens with one attached hydrogen (secondary N) is 2. The maximum Gasteiger partial charge on any atom is 0.313 e. The van der Waals surface area contributed by atoms with Crippen molar-refractivity contribution in [2.24, 2.45) is 0 Å². The first-order valence-electron chi connectivity index (χ1n) is 18.8. The third-order valence-corrected chi connectivity index (χ3v) is 12.4. The van der Waals surface area contributed by atoms with Gasteiger partial charge in [-0.3, -0.25) is 37.8 Å². The molecule has 0 saturated carbocycles. The Labute approximate surface area is 372 Å². The zero-order chi connectivity index (χ0) is 47.9. The van der Waals surface area contributed by atoms with Crippen LogP contribution >= 0.6 is 35.1 Å². The number of hydrogen-bond donors (Lipinski definition) is 8. The van der Waals surface area contributed by atoms with E-state index >= 15 is 0 Å². The lowest BCUT2D eigenvalue weighted by Gasteiger charge is -2.35. The van der Waals surface area contributed by atoms with Gasteiger partial charge < -0.3 is 92.9 Å². The van der Waals surface area contributed by atoms with E-state index in [-0.39, 0.29) is 47.4 Å². The Hall–Kier alpha value is -4.30. The lowest BCUT2D eigenvalue weighted by atomic mass is 10.1. The predicted octanol–water partition coefficient (Wildman–Crippen LogP) is -5.50. The van der Waals surface area contributed by atoms with Gasteiger partial charge in [-0.25, -0.2) is 9.55 Å². The second kappa shape index (κ2) is 19.7. The molecule has 2 fully saturated rings. The molecule has 5 aromatic rings. The lowest BCUT2D eigenvalue weighted by molar-refractivity contribution is -0.746. The zero-order valence-electron chi connectivity index (χ0n) is 33.2. The third kappa shape index (κ3) is 11.5. The lowest BCUT2D eigenvalue weighted by Crippen LogP contribution is -2.46. The number of H-pyrrole nitrogens is 2. The second-order valence-corrected chi connectivity index (χ2v) is 18.6. The molecule has 362 valence electrons. The van der Waals surface area contributed by atoms with Crippen molar-refractivity contribution in [2.45, 2.75) is 61.7 Å². The minimum atomic E-state index is -6.00. The van der Waals surface area contributed by atoms with Crippen LogP contribution < -0.4 is 51.5 Å². The fraction of sp³-hybridized carbons (Fsp3) is 0.484. The summed E-state index contributed by atoms with van der Waals surface area (Å²) in [6, 6.07) is 6.44. The van der Waals surface area contributed by atoms with Gasteiger partial charge in [0.1, 0.15) is 61.6 Å². The minimum Gasteiger partial charge on any atom is -0.790 e. The number of aliphatic hydroxyl groups excluding tert-OH is 4. The summed E-state index contributed by atoms with van der Waals surface area (Å²) in [6.07, 6.45) is -13.4. The predicted molar refractivity (Wildman–Crippen MR) is 208 cm³/mol. The molecule has 7 rings (SSSR count). The number of nitrogen functional groups attached to an aromatic ring is 2. The molecule has 2 aliphatic heterocycles. The molecule has 5 unspecified atom stereocenters. The highest BCUT2D eigenvalue weighted by Gasteiger charge is 2.48. The van der Waals surface area contributed by atoms with Crippen LogP contribution in [-0.4, -0.2) is 130 Å². The van der Waals surface area contributed by atoms with Crippen molar-refractivity contribution in [3.63, 3.8) is 0 Å². The number of nitrogens with zero attached hydrogens (tertiary/aromatic N) is 6. The number of anilines is 2. The number of aromatic nitrogens is 8. The number of ether oxygens (including phenoxy) is 3. The van der Waals surface area contributed by atoms with Crippen LogP contribution in [0.25, 0.3) is 22.3 Å². The summed E-state index contributed by atoms with van der Waals surface area (Å²) in [7, 11) is -17.1. The van der Waals surface area contributed by atoms with Crippen molar-refractivity contribution in [3.05, 3.63) is 62.7 Å². The second-order valence-electron chi connectivity index (χ2n) is 14.3. The van der Waals surface area contributed by atoms with E-state index in [4.69, 9.17) is 41.8 Å². The largest absolute Gasteiger partial charge is 0.790 e. The molecular formula is C31H37ClN10O21P3-3. The molecule has 0 radical (unpaired) electrons. The van der Waals surface area contributed by atoms with Gasteiger partial charge in [-0.2, -0.15) is 4.98 Å². The van der Waals surface area contributed by atoms with Gasteiger partial charge in [-0.05, 0) is 24.3 Å². The number of nitrogens with two attached hydrogens (primary N) is 2. The van der Waals surface area contributed by atoms with Crippen molar-refractivity contribution in [1.29, 1.82) is 0 Å². The van der Waals surface area contributed by atoms with Gasteiger partial charge in [0.25, 0.3) is 32.7 Å². The number of hydrogen-bond acceptors (Lipinski definition) is 26. The maximum absolute atomic E-state index is 13.0. The van der Waals surface area contributed by atoms with Gasteiger partial charge in [-0.15, -0.1) is 0 Å². The van der Waals surface area contributed by atoms with E-state index in [1.54, 1.807) is 24.3 Å². The summed E-state index contributed by atoms with van der Waals surface area (Å²) in [4.78, 5) is 89.7. The van der Waals surface area contributed by atoms with E-state index in [0.717, 1.165) is 15.5 Å². The van der Waals surface area contributed by atoms with Gasteiger partial charge >= 0.3 is 5.65 Å². The number of benzene rings is 1. The Balaban J connectivity index is 0.934. The molecule has 0 bridgehead atoms. The van der Waals surface area contributed by atoms with Gasteiger partial charge in [0.05, 0.1) is 40.6 Å². The Kier molecular flexibility index (Phi) is 14.8. The Bertz CT molecular complexity index is 2810. The topological polar surface area (TPSA) is 468 Å². The van der Waals surface area contributed by atoms with Crippen LogP contribution in [0.3, 0.4) is 0 Å². The SMILES string of the molecule is Nc1nc2c(ncn2[C@@H]2OC(COP(=O)([O-])OCC(COP(=O)([O-])OCC3O[C@@H]([n+]4cn(CCOc5ccc(Cl)cc5)c5c(=O)[nH]c(N)nc54)[C@H](O)[C@@H]3O)OP(=O)([O-])[O-])[C@@H](O)[C@H]2O)c(=O)[nH]1. The first kappa shape index (κ1) is 49.6. The molecule has 11 atom stereocenters. The quantitative estimate of drug-likeness (QED) is 0.0266. The molecule has 31 nitrogen and oxygen atoms in total. The highest BCUT2D eigenvalue weighted by molar-refractivity contribution is 7.46. The molecule has 35 heteroatoms. The molecule has 6 heterocycles. The van der Waals surface area contributed by atoms with Crippen LogP contribution in [0.1, 0.15) is 12.5 Å². The van der Waals surface area contributed by atoms with Crippen LogP contribution in [0, 0.1) is 0 Å². The Morgan fingerprint density at radius 2 is 1.42 bits per heavy atom. The van der Waals surface area contributed by atoms with Crippen molar-refractivity contribution in [3.8, 4) is 5.75 Å². The van der Waals surface area contributed by atoms with Crippen LogP contribution in [0.15, 0.2) is 46.5 Å². The normalized spacial score (nSPS) is 25.9. The van der Waals surface area contributed by atoms with Crippen molar-refractivity contribution >= 4 is 69.3 Å². The van der Waals surface area contributed by atoms with Gasteiger partial charge in [-0.1, -0.05) is 16.6 Å². The first-order valence-corrected chi connectivity index (χ1v) is 23.6. The van der Waals surface area contributed by atoms with Crippen LogP contribution in [0.5, 0.6) is 5.75 Å². The molecule has 2 saturated heterocycles. The minimum absolute atomic E-state index is 0.0190.